The Kier molecular flexibility index (Phi) is 8.58. The first-order valence-corrected chi connectivity index (χ1v) is 9.50. The zero-order valence-corrected chi connectivity index (χ0v) is 16.5. The highest BCUT2D eigenvalue weighted by molar-refractivity contribution is 6.29. The molecular formula is C20H26ClN5O. The average Bonchev–Trinajstić information content (AvgIpc) is 2.68. The fraction of sp³-hybridized carbons (Fsp3) is 0.350. The SMILES string of the molecule is CCNC(=NCC(=O)Nc1cccc(CC)c1)NCCc1ccc(Cl)nc1. The summed E-state index contributed by atoms with van der Waals surface area (Å²) < 4.78 is 0. The van der Waals surface area contributed by atoms with Crippen LogP contribution in [0.15, 0.2) is 47.6 Å². The van der Waals surface area contributed by atoms with E-state index in [4.69, 9.17) is 11.6 Å². The van der Waals surface area contributed by atoms with E-state index in [1.54, 1.807) is 12.3 Å². The number of anilines is 1. The third-order valence-electron chi connectivity index (χ3n) is 3.84. The number of rotatable bonds is 8. The van der Waals surface area contributed by atoms with Gasteiger partial charge in [0.25, 0.3) is 0 Å². The van der Waals surface area contributed by atoms with Crippen LogP contribution in [0.5, 0.6) is 0 Å². The summed E-state index contributed by atoms with van der Waals surface area (Å²) in [6, 6.07) is 11.6. The van der Waals surface area contributed by atoms with Gasteiger partial charge in [-0.05, 0) is 49.1 Å². The minimum atomic E-state index is -0.151. The maximum atomic E-state index is 12.2. The average molecular weight is 388 g/mol. The fourth-order valence-electron chi connectivity index (χ4n) is 2.44. The molecule has 27 heavy (non-hydrogen) atoms. The number of carbonyl (C=O) groups excluding carboxylic acids is 1. The molecular weight excluding hydrogens is 362 g/mol. The number of aliphatic imine (C=N–C) groups is 1. The summed E-state index contributed by atoms with van der Waals surface area (Å²) in [6.07, 6.45) is 3.47. The van der Waals surface area contributed by atoms with E-state index in [1.165, 1.54) is 5.56 Å². The second-order valence-corrected chi connectivity index (χ2v) is 6.35. The summed E-state index contributed by atoms with van der Waals surface area (Å²) in [5, 5.41) is 9.72. The number of aryl methyl sites for hydroxylation is 1. The lowest BCUT2D eigenvalue weighted by Gasteiger charge is -2.11. The molecule has 2 aromatic rings. The number of benzene rings is 1. The van der Waals surface area contributed by atoms with E-state index in [2.05, 4.69) is 32.9 Å². The molecule has 1 aromatic heterocycles. The zero-order chi connectivity index (χ0) is 19.5. The van der Waals surface area contributed by atoms with E-state index in [1.807, 2.05) is 37.3 Å². The number of hydrogen-bond acceptors (Lipinski definition) is 3. The van der Waals surface area contributed by atoms with Gasteiger partial charge in [-0.3, -0.25) is 4.79 Å². The quantitative estimate of drug-likeness (QED) is 0.369. The molecule has 0 fully saturated rings. The van der Waals surface area contributed by atoms with Crippen molar-refractivity contribution >= 4 is 29.2 Å². The minimum absolute atomic E-state index is 0.0498. The van der Waals surface area contributed by atoms with Gasteiger partial charge in [-0.2, -0.15) is 0 Å². The Morgan fingerprint density at radius 2 is 2.00 bits per heavy atom. The van der Waals surface area contributed by atoms with Gasteiger partial charge in [-0.25, -0.2) is 9.98 Å². The van der Waals surface area contributed by atoms with Crippen LogP contribution in [0, 0.1) is 0 Å². The van der Waals surface area contributed by atoms with Crippen LogP contribution in [0.4, 0.5) is 5.69 Å². The number of nitrogens with one attached hydrogen (secondary N) is 3. The molecule has 6 nitrogen and oxygen atoms in total. The molecule has 0 radical (unpaired) electrons. The van der Waals surface area contributed by atoms with E-state index in [0.717, 1.165) is 24.1 Å². The highest BCUT2D eigenvalue weighted by atomic mass is 35.5. The first-order chi connectivity index (χ1) is 13.1. The van der Waals surface area contributed by atoms with Crippen LogP contribution in [0.3, 0.4) is 0 Å². The Balaban J connectivity index is 1.84. The fourth-order valence-corrected chi connectivity index (χ4v) is 2.55. The molecule has 0 aliphatic heterocycles. The predicted molar refractivity (Wildman–Crippen MR) is 111 cm³/mol. The normalized spacial score (nSPS) is 11.1. The van der Waals surface area contributed by atoms with Gasteiger partial charge >= 0.3 is 0 Å². The molecule has 0 saturated carbocycles. The van der Waals surface area contributed by atoms with Gasteiger partial charge in [0.05, 0.1) is 0 Å². The van der Waals surface area contributed by atoms with Crippen molar-refractivity contribution in [3.05, 3.63) is 58.9 Å². The van der Waals surface area contributed by atoms with Crippen LogP contribution in [-0.2, 0) is 17.6 Å². The maximum Gasteiger partial charge on any atom is 0.246 e. The molecule has 3 N–H and O–H groups in total. The van der Waals surface area contributed by atoms with Crippen molar-refractivity contribution < 1.29 is 4.79 Å². The second-order valence-electron chi connectivity index (χ2n) is 5.96. The Morgan fingerprint density at radius 1 is 1.15 bits per heavy atom. The summed E-state index contributed by atoms with van der Waals surface area (Å²) >= 11 is 5.79. The van der Waals surface area contributed by atoms with Gasteiger partial charge in [0.15, 0.2) is 5.96 Å². The van der Waals surface area contributed by atoms with Gasteiger partial charge in [0.1, 0.15) is 11.7 Å². The van der Waals surface area contributed by atoms with Gasteiger partial charge in [0, 0.05) is 25.0 Å². The van der Waals surface area contributed by atoms with Crippen molar-refractivity contribution in [1.82, 2.24) is 15.6 Å². The second kappa shape index (κ2) is 11.2. The summed E-state index contributed by atoms with van der Waals surface area (Å²) in [5.74, 6) is 0.458. The monoisotopic (exact) mass is 387 g/mol. The molecule has 1 aromatic carbocycles. The van der Waals surface area contributed by atoms with Crippen molar-refractivity contribution in [2.75, 3.05) is 25.0 Å². The molecule has 1 heterocycles. The molecule has 144 valence electrons. The Hall–Kier alpha value is -2.60. The van der Waals surface area contributed by atoms with Gasteiger partial charge < -0.3 is 16.0 Å². The smallest absolute Gasteiger partial charge is 0.246 e. The van der Waals surface area contributed by atoms with Gasteiger partial charge in [-0.15, -0.1) is 0 Å². The van der Waals surface area contributed by atoms with Crippen LogP contribution in [0.2, 0.25) is 5.15 Å². The van der Waals surface area contributed by atoms with Crippen molar-refractivity contribution in [1.29, 1.82) is 0 Å². The van der Waals surface area contributed by atoms with E-state index in [9.17, 15) is 4.79 Å². The number of pyridine rings is 1. The maximum absolute atomic E-state index is 12.2. The van der Waals surface area contributed by atoms with Gasteiger partial charge in [-0.1, -0.05) is 36.7 Å². The number of amides is 1. The van der Waals surface area contributed by atoms with Crippen LogP contribution in [-0.4, -0.2) is 36.5 Å². The number of carbonyl (C=O) groups is 1. The molecule has 0 spiro atoms. The minimum Gasteiger partial charge on any atom is -0.357 e. The van der Waals surface area contributed by atoms with E-state index in [-0.39, 0.29) is 12.5 Å². The summed E-state index contributed by atoms with van der Waals surface area (Å²) in [4.78, 5) is 20.6. The van der Waals surface area contributed by atoms with Crippen molar-refractivity contribution in [3.63, 3.8) is 0 Å². The molecule has 2 rings (SSSR count). The predicted octanol–water partition coefficient (Wildman–Crippen LogP) is 3.03. The molecule has 0 bridgehead atoms. The number of guanidine groups is 1. The first-order valence-electron chi connectivity index (χ1n) is 9.12. The van der Waals surface area contributed by atoms with Crippen molar-refractivity contribution in [2.24, 2.45) is 4.99 Å². The number of nitrogens with zero attached hydrogens (tertiary/aromatic N) is 2. The molecule has 1 amide bonds. The number of hydrogen-bond donors (Lipinski definition) is 3. The Bertz CT molecular complexity index is 761. The number of aromatic nitrogens is 1. The summed E-state index contributed by atoms with van der Waals surface area (Å²) in [7, 11) is 0. The van der Waals surface area contributed by atoms with Crippen LogP contribution in [0.1, 0.15) is 25.0 Å². The highest BCUT2D eigenvalue weighted by Gasteiger charge is 2.04. The standard InChI is InChI=1S/C20H26ClN5O/c1-3-15-6-5-7-17(12-15)26-19(27)14-25-20(22-4-2)23-11-10-16-8-9-18(21)24-13-16/h5-9,12-13H,3-4,10-11,14H2,1-2H3,(H,26,27)(H2,22,23,25). The molecule has 0 unspecified atom stereocenters. The molecule has 0 saturated heterocycles. The molecule has 0 aliphatic rings. The van der Waals surface area contributed by atoms with Crippen LogP contribution in [0.25, 0.3) is 0 Å². The largest absolute Gasteiger partial charge is 0.357 e. The third-order valence-corrected chi connectivity index (χ3v) is 4.06. The lowest BCUT2D eigenvalue weighted by molar-refractivity contribution is -0.114. The van der Waals surface area contributed by atoms with Crippen LogP contribution >= 0.6 is 11.6 Å². The van der Waals surface area contributed by atoms with Gasteiger partial charge in [0.2, 0.25) is 5.91 Å². The first kappa shape index (κ1) is 20.7. The topological polar surface area (TPSA) is 78.4 Å². The summed E-state index contributed by atoms with van der Waals surface area (Å²) in [5.41, 5.74) is 3.06. The molecule has 7 heteroatoms. The van der Waals surface area contributed by atoms with Crippen molar-refractivity contribution in [3.8, 4) is 0 Å². The lowest BCUT2D eigenvalue weighted by Crippen LogP contribution is -2.39. The third kappa shape index (κ3) is 7.66. The lowest BCUT2D eigenvalue weighted by atomic mass is 10.1. The Morgan fingerprint density at radius 3 is 2.70 bits per heavy atom. The molecule has 0 atom stereocenters. The molecule has 0 aliphatic carbocycles. The highest BCUT2D eigenvalue weighted by Crippen LogP contribution is 2.10. The van der Waals surface area contributed by atoms with E-state index in [0.29, 0.717) is 24.2 Å². The van der Waals surface area contributed by atoms with E-state index < -0.39 is 0 Å². The van der Waals surface area contributed by atoms with Crippen LogP contribution < -0.4 is 16.0 Å². The zero-order valence-electron chi connectivity index (χ0n) is 15.8. The Labute approximate surface area is 165 Å². The van der Waals surface area contributed by atoms with E-state index >= 15 is 0 Å². The van der Waals surface area contributed by atoms with Crippen molar-refractivity contribution in [2.45, 2.75) is 26.7 Å². The number of halogens is 1. The summed E-state index contributed by atoms with van der Waals surface area (Å²) in [6.45, 7) is 5.51.